The molecule has 0 fully saturated rings. The van der Waals surface area contributed by atoms with Crippen molar-refractivity contribution in [3.8, 4) is 16.9 Å². The van der Waals surface area contributed by atoms with E-state index in [9.17, 15) is 0 Å². The van der Waals surface area contributed by atoms with Crippen LogP contribution < -0.4 is 10.1 Å². The summed E-state index contributed by atoms with van der Waals surface area (Å²) in [6, 6.07) is 5.54. The normalized spacial score (nSPS) is 10.5. The molecule has 2 rings (SSSR count). The molecule has 90 valence electrons. The number of hydrogen-bond donors (Lipinski definition) is 2. The van der Waals surface area contributed by atoms with Crippen LogP contribution in [0.5, 0.6) is 5.75 Å². The first-order chi connectivity index (χ1) is 8.26. The van der Waals surface area contributed by atoms with Crippen molar-refractivity contribution in [3.05, 3.63) is 35.1 Å². The number of halogens is 1. The molecule has 0 unspecified atom stereocenters. The van der Waals surface area contributed by atoms with Gasteiger partial charge < -0.3 is 10.1 Å². The van der Waals surface area contributed by atoms with Crippen molar-refractivity contribution < 1.29 is 4.74 Å². The molecule has 0 spiro atoms. The van der Waals surface area contributed by atoms with Gasteiger partial charge in [0.1, 0.15) is 5.75 Å². The van der Waals surface area contributed by atoms with Crippen LogP contribution in [0, 0.1) is 0 Å². The Hall–Kier alpha value is -1.52. The second-order valence-corrected chi connectivity index (χ2v) is 4.07. The minimum atomic E-state index is 0.678. The van der Waals surface area contributed by atoms with Crippen LogP contribution in [0.2, 0.25) is 5.02 Å². The van der Waals surface area contributed by atoms with E-state index in [0.29, 0.717) is 11.6 Å². The van der Waals surface area contributed by atoms with Crippen LogP contribution in [0.3, 0.4) is 0 Å². The number of benzene rings is 1. The number of ether oxygens (including phenoxy) is 1. The highest BCUT2D eigenvalue weighted by molar-refractivity contribution is 6.31. The number of H-pyrrole nitrogens is 1. The summed E-state index contributed by atoms with van der Waals surface area (Å²) in [6.07, 6.45) is 1.78. The van der Waals surface area contributed by atoms with Crippen LogP contribution in [0.1, 0.15) is 5.69 Å². The van der Waals surface area contributed by atoms with Crippen molar-refractivity contribution >= 4 is 11.6 Å². The summed E-state index contributed by atoms with van der Waals surface area (Å²) in [7, 11) is 3.53. The first-order valence-corrected chi connectivity index (χ1v) is 5.64. The van der Waals surface area contributed by atoms with Crippen LogP contribution in [0.25, 0.3) is 11.1 Å². The Kier molecular flexibility index (Phi) is 3.66. The number of methoxy groups -OCH3 is 1. The average molecular weight is 252 g/mol. The smallest absolute Gasteiger partial charge is 0.126 e. The topological polar surface area (TPSA) is 49.9 Å². The highest BCUT2D eigenvalue weighted by atomic mass is 35.5. The third kappa shape index (κ3) is 2.43. The van der Waals surface area contributed by atoms with Gasteiger partial charge in [0.15, 0.2) is 0 Å². The van der Waals surface area contributed by atoms with Gasteiger partial charge in [-0.25, -0.2) is 0 Å². The van der Waals surface area contributed by atoms with E-state index in [2.05, 4.69) is 15.5 Å². The zero-order chi connectivity index (χ0) is 12.3. The van der Waals surface area contributed by atoms with Crippen LogP contribution >= 0.6 is 11.6 Å². The number of aromatic nitrogens is 2. The molecule has 0 aliphatic rings. The van der Waals surface area contributed by atoms with Crippen molar-refractivity contribution in [1.82, 2.24) is 15.5 Å². The van der Waals surface area contributed by atoms with Gasteiger partial charge in [-0.15, -0.1) is 0 Å². The molecule has 0 bridgehead atoms. The molecule has 0 atom stereocenters. The predicted octanol–water partition coefficient (Wildman–Crippen LogP) is 2.46. The maximum absolute atomic E-state index is 6.02. The molecule has 5 heteroatoms. The molecule has 0 aliphatic carbocycles. The van der Waals surface area contributed by atoms with E-state index < -0.39 is 0 Å². The summed E-state index contributed by atoms with van der Waals surface area (Å²) in [5.74, 6) is 0.785. The highest BCUT2D eigenvalue weighted by Gasteiger charge is 2.12. The van der Waals surface area contributed by atoms with Gasteiger partial charge in [0, 0.05) is 22.7 Å². The first-order valence-electron chi connectivity index (χ1n) is 5.27. The van der Waals surface area contributed by atoms with E-state index in [1.807, 2.05) is 25.2 Å². The summed E-state index contributed by atoms with van der Waals surface area (Å²) in [5.41, 5.74) is 2.95. The Morgan fingerprint density at radius 1 is 1.41 bits per heavy atom. The summed E-state index contributed by atoms with van der Waals surface area (Å²) in [5, 5.41) is 10.8. The Bertz CT molecular complexity index is 510. The second kappa shape index (κ2) is 5.21. The predicted molar refractivity (Wildman–Crippen MR) is 68.3 cm³/mol. The molecule has 1 aromatic heterocycles. The standard InChI is InChI=1S/C12H14ClN3O/c1-14-7-11-10(6-15-16-11)9-5-8(13)3-4-12(9)17-2/h3-6,14H,7H2,1-2H3,(H,15,16). The lowest BCUT2D eigenvalue weighted by molar-refractivity contribution is 0.416. The van der Waals surface area contributed by atoms with Crippen molar-refractivity contribution in [3.63, 3.8) is 0 Å². The van der Waals surface area contributed by atoms with Crippen LogP contribution in [-0.2, 0) is 6.54 Å². The third-order valence-corrected chi connectivity index (χ3v) is 2.76. The quantitative estimate of drug-likeness (QED) is 0.878. The lowest BCUT2D eigenvalue weighted by Gasteiger charge is -2.09. The van der Waals surface area contributed by atoms with Crippen LogP contribution in [0.15, 0.2) is 24.4 Å². The third-order valence-electron chi connectivity index (χ3n) is 2.52. The first kappa shape index (κ1) is 12.0. The number of aromatic amines is 1. The van der Waals surface area contributed by atoms with E-state index >= 15 is 0 Å². The number of hydrogen-bond acceptors (Lipinski definition) is 3. The maximum Gasteiger partial charge on any atom is 0.126 e. The zero-order valence-electron chi connectivity index (χ0n) is 9.75. The van der Waals surface area contributed by atoms with E-state index in [0.717, 1.165) is 22.6 Å². The Morgan fingerprint density at radius 2 is 2.24 bits per heavy atom. The van der Waals surface area contributed by atoms with Gasteiger partial charge in [0.25, 0.3) is 0 Å². The fourth-order valence-electron chi connectivity index (χ4n) is 1.75. The fourth-order valence-corrected chi connectivity index (χ4v) is 1.92. The van der Waals surface area contributed by atoms with Gasteiger partial charge in [-0.3, -0.25) is 5.10 Å². The van der Waals surface area contributed by atoms with Crippen molar-refractivity contribution in [2.75, 3.05) is 14.2 Å². The zero-order valence-corrected chi connectivity index (χ0v) is 10.5. The second-order valence-electron chi connectivity index (χ2n) is 3.64. The molecule has 0 saturated heterocycles. The monoisotopic (exact) mass is 251 g/mol. The van der Waals surface area contributed by atoms with Gasteiger partial charge in [0.05, 0.1) is 19.0 Å². The van der Waals surface area contributed by atoms with E-state index in [1.165, 1.54) is 0 Å². The molecule has 2 aromatic rings. The molecule has 1 aromatic carbocycles. The fraction of sp³-hybridized carbons (Fsp3) is 0.250. The van der Waals surface area contributed by atoms with E-state index in [-0.39, 0.29) is 0 Å². The lowest BCUT2D eigenvalue weighted by atomic mass is 10.1. The molecule has 2 N–H and O–H groups in total. The molecule has 1 heterocycles. The lowest BCUT2D eigenvalue weighted by Crippen LogP contribution is -2.06. The largest absolute Gasteiger partial charge is 0.496 e. The Labute approximate surface area is 105 Å². The summed E-state index contributed by atoms with van der Waals surface area (Å²) in [4.78, 5) is 0. The van der Waals surface area contributed by atoms with Crippen molar-refractivity contribution in [2.45, 2.75) is 6.54 Å². The molecular weight excluding hydrogens is 238 g/mol. The molecule has 0 aliphatic heterocycles. The molecule has 17 heavy (non-hydrogen) atoms. The Morgan fingerprint density at radius 3 is 2.94 bits per heavy atom. The van der Waals surface area contributed by atoms with Gasteiger partial charge >= 0.3 is 0 Å². The Balaban J connectivity index is 2.51. The van der Waals surface area contributed by atoms with Crippen LogP contribution in [0.4, 0.5) is 0 Å². The molecule has 0 radical (unpaired) electrons. The number of rotatable bonds is 4. The highest BCUT2D eigenvalue weighted by Crippen LogP contribution is 2.33. The van der Waals surface area contributed by atoms with E-state index in [1.54, 1.807) is 13.3 Å². The SMILES string of the molecule is CNCc1[nH]ncc1-c1cc(Cl)ccc1OC. The van der Waals surface area contributed by atoms with Crippen LogP contribution in [-0.4, -0.2) is 24.4 Å². The van der Waals surface area contributed by atoms with Crippen molar-refractivity contribution in [1.29, 1.82) is 0 Å². The van der Waals surface area contributed by atoms with E-state index in [4.69, 9.17) is 16.3 Å². The minimum Gasteiger partial charge on any atom is -0.496 e. The molecule has 4 nitrogen and oxygen atoms in total. The number of nitrogens with zero attached hydrogens (tertiary/aromatic N) is 1. The number of nitrogens with one attached hydrogen (secondary N) is 2. The molecular formula is C12H14ClN3O. The molecule has 0 amide bonds. The maximum atomic E-state index is 6.02. The average Bonchev–Trinajstić information content (AvgIpc) is 2.77. The summed E-state index contributed by atoms with van der Waals surface area (Å²) in [6.45, 7) is 0.713. The van der Waals surface area contributed by atoms with Crippen molar-refractivity contribution in [2.24, 2.45) is 0 Å². The van der Waals surface area contributed by atoms with Gasteiger partial charge in [0.2, 0.25) is 0 Å². The summed E-state index contributed by atoms with van der Waals surface area (Å²) >= 11 is 6.02. The minimum absolute atomic E-state index is 0.678. The van der Waals surface area contributed by atoms with Gasteiger partial charge in [-0.1, -0.05) is 11.6 Å². The van der Waals surface area contributed by atoms with Gasteiger partial charge in [-0.2, -0.15) is 5.10 Å². The van der Waals surface area contributed by atoms with Gasteiger partial charge in [-0.05, 0) is 25.2 Å². The summed E-state index contributed by atoms with van der Waals surface area (Å²) < 4.78 is 5.34. The molecule has 0 saturated carbocycles.